The summed E-state index contributed by atoms with van der Waals surface area (Å²) in [6, 6.07) is 8.19. The lowest BCUT2D eigenvalue weighted by molar-refractivity contribution is 0.0474. The average Bonchev–Trinajstić information content (AvgIpc) is 2.53. The van der Waals surface area contributed by atoms with Crippen LogP contribution in [0.15, 0.2) is 29.3 Å². The lowest BCUT2D eigenvalue weighted by atomic mass is 10.1. The number of hydrogen-bond donors (Lipinski definition) is 3. The summed E-state index contributed by atoms with van der Waals surface area (Å²) in [4.78, 5) is 16.2. The topological polar surface area (TPSA) is 84.0 Å². The van der Waals surface area contributed by atoms with Crippen molar-refractivity contribution in [3.05, 3.63) is 35.4 Å². The van der Waals surface area contributed by atoms with Crippen LogP contribution in [0.5, 0.6) is 0 Å². The first-order valence-corrected chi connectivity index (χ1v) is 9.07. The van der Waals surface area contributed by atoms with Gasteiger partial charge in [-0.25, -0.2) is 4.79 Å². The highest BCUT2D eigenvalue weighted by molar-refractivity contribution is 5.79. The summed E-state index contributed by atoms with van der Waals surface area (Å²) in [6.45, 7) is 11.1. The van der Waals surface area contributed by atoms with Crippen molar-refractivity contribution in [3.8, 4) is 0 Å². The Morgan fingerprint density at radius 1 is 1.11 bits per heavy atom. The number of methoxy groups -OCH3 is 1. The molecule has 0 aliphatic heterocycles. The van der Waals surface area contributed by atoms with Gasteiger partial charge in [-0.05, 0) is 45.7 Å². The molecule has 0 radical (unpaired) electrons. The molecule has 0 heterocycles. The van der Waals surface area contributed by atoms with Gasteiger partial charge in [-0.2, -0.15) is 0 Å². The second-order valence-corrected chi connectivity index (χ2v) is 8.04. The lowest BCUT2D eigenvalue weighted by Crippen LogP contribution is -2.54. The van der Waals surface area contributed by atoms with Crippen molar-refractivity contribution < 1.29 is 14.3 Å². The molecule has 152 valence electrons. The van der Waals surface area contributed by atoms with Crippen LogP contribution in [0.2, 0.25) is 0 Å². The van der Waals surface area contributed by atoms with E-state index in [2.05, 4.69) is 27.0 Å². The molecule has 1 aromatic carbocycles. The van der Waals surface area contributed by atoms with E-state index in [-0.39, 0.29) is 0 Å². The molecule has 0 unspecified atom stereocenters. The minimum atomic E-state index is -0.525. The predicted octanol–water partition coefficient (Wildman–Crippen LogP) is 2.80. The fourth-order valence-corrected chi connectivity index (χ4v) is 2.33. The molecule has 3 N–H and O–H groups in total. The Morgan fingerprint density at radius 2 is 1.78 bits per heavy atom. The molecule has 1 aromatic rings. The molecule has 0 saturated heterocycles. The zero-order valence-electron chi connectivity index (χ0n) is 17.6. The van der Waals surface area contributed by atoms with Gasteiger partial charge in [0.15, 0.2) is 5.96 Å². The normalized spacial score (nSPS) is 12.5. The van der Waals surface area contributed by atoms with Crippen molar-refractivity contribution in [2.75, 3.05) is 20.7 Å². The van der Waals surface area contributed by atoms with Crippen molar-refractivity contribution in [1.29, 1.82) is 0 Å². The standard InChI is InChI=1S/C20H34N4O3/c1-19(2,3)27-18(25)24-20(4,5)14-23-17(21-6)22-12-15-9-8-10-16(11-15)13-26-7/h8-11H,12-14H2,1-7H3,(H,24,25)(H2,21,22,23). The third kappa shape index (κ3) is 9.84. The summed E-state index contributed by atoms with van der Waals surface area (Å²) >= 11 is 0. The average molecular weight is 379 g/mol. The summed E-state index contributed by atoms with van der Waals surface area (Å²) in [5.41, 5.74) is 1.24. The van der Waals surface area contributed by atoms with Gasteiger partial charge in [-0.15, -0.1) is 0 Å². The maximum atomic E-state index is 12.0. The fraction of sp³-hybridized carbons (Fsp3) is 0.600. The molecule has 0 spiro atoms. The smallest absolute Gasteiger partial charge is 0.408 e. The summed E-state index contributed by atoms with van der Waals surface area (Å²) in [5.74, 6) is 0.659. The number of guanidine groups is 1. The second kappa shape index (κ2) is 10.2. The molecule has 1 rings (SSSR count). The SMILES string of the molecule is CN=C(NCc1cccc(COC)c1)NCC(C)(C)NC(=O)OC(C)(C)C. The number of rotatable bonds is 7. The van der Waals surface area contributed by atoms with E-state index in [1.165, 1.54) is 0 Å². The molecule has 0 bridgehead atoms. The van der Waals surface area contributed by atoms with E-state index in [4.69, 9.17) is 9.47 Å². The van der Waals surface area contributed by atoms with Crippen LogP contribution in [-0.2, 0) is 22.6 Å². The number of nitrogens with zero attached hydrogens (tertiary/aromatic N) is 1. The van der Waals surface area contributed by atoms with Gasteiger partial charge < -0.3 is 25.4 Å². The molecule has 1 amide bonds. The highest BCUT2D eigenvalue weighted by Crippen LogP contribution is 2.09. The van der Waals surface area contributed by atoms with Gasteiger partial charge in [0.2, 0.25) is 0 Å². The number of amides is 1. The number of aliphatic imine (C=N–C) groups is 1. The molecular formula is C20H34N4O3. The van der Waals surface area contributed by atoms with Crippen molar-refractivity contribution in [2.45, 2.75) is 58.9 Å². The van der Waals surface area contributed by atoms with Crippen LogP contribution in [0.1, 0.15) is 45.7 Å². The van der Waals surface area contributed by atoms with E-state index in [0.29, 0.717) is 25.7 Å². The molecule has 0 saturated carbocycles. The monoisotopic (exact) mass is 378 g/mol. The van der Waals surface area contributed by atoms with Crippen LogP contribution in [0, 0.1) is 0 Å². The van der Waals surface area contributed by atoms with Gasteiger partial charge in [0.05, 0.1) is 12.1 Å². The maximum absolute atomic E-state index is 12.0. The third-order valence-electron chi connectivity index (χ3n) is 3.52. The van der Waals surface area contributed by atoms with Crippen molar-refractivity contribution >= 4 is 12.1 Å². The Balaban J connectivity index is 2.51. The molecule has 0 atom stereocenters. The van der Waals surface area contributed by atoms with Crippen LogP contribution >= 0.6 is 0 Å². The van der Waals surface area contributed by atoms with E-state index < -0.39 is 17.2 Å². The van der Waals surface area contributed by atoms with E-state index in [1.54, 1.807) is 14.2 Å². The van der Waals surface area contributed by atoms with Gasteiger partial charge in [0, 0.05) is 27.2 Å². The molecule has 0 fully saturated rings. The van der Waals surface area contributed by atoms with E-state index in [0.717, 1.165) is 11.1 Å². The van der Waals surface area contributed by atoms with Crippen LogP contribution in [-0.4, -0.2) is 43.9 Å². The lowest BCUT2D eigenvalue weighted by Gasteiger charge is -2.29. The molecule has 27 heavy (non-hydrogen) atoms. The van der Waals surface area contributed by atoms with Gasteiger partial charge >= 0.3 is 6.09 Å². The van der Waals surface area contributed by atoms with E-state index in [1.807, 2.05) is 52.8 Å². The number of benzene rings is 1. The Hall–Kier alpha value is -2.28. The predicted molar refractivity (Wildman–Crippen MR) is 109 cm³/mol. The summed E-state index contributed by atoms with van der Waals surface area (Å²) in [6.07, 6.45) is -0.438. The highest BCUT2D eigenvalue weighted by Gasteiger charge is 2.24. The number of ether oxygens (including phenoxy) is 2. The fourth-order valence-electron chi connectivity index (χ4n) is 2.33. The number of alkyl carbamates (subject to hydrolysis) is 1. The Morgan fingerprint density at radius 3 is 2.37 bits per heavy atom. The van der Waals surface area contributed by atoms with Crippen LogP contribution in [0.25, 0.3) is 0 Å². The molecule has 0 aromatic heterocycles. The third-order valence-corrected chi connectivity index (χ3v) is 3.52. The van der Waals surface area contributed by atoms with Crippen molar-refractivity contribution in [1.82, 2.24) is 16.0 Å². The van der Waals surface area contributed by atoms with Crippen LogP contribution < -0.4 is 16.0 Å². The zero-order chi connectivity index (χ0) is 20.5. The summed E-state index contributed by atoms with van der Waals surface area (Å²) in [7, 11) is 3.40. The first-order valence-electron chi connectivity index (χ1n) is 9.07. The van der Waals surface area contributed by atoms with Crippen molar-refractivity contribution in [3.63, 3.8) is 0 Å². The largest absolute Gasteiger partial charge is 0.444 e. The highest BCUT2D eigenvalue weighted by atomic mass is 16.6. The number of nitrogens with one attached hydrogen (secondary N) is 3. The van der Waals surface area contributed by atoms with E-state index in [9.17, 15) is 4.79 Å². The first-order chi connectivity index (χ1) is 12.5. The first kappa shape index (κ1) is 22.8. The quantitative estimate of drug-likeness (QED) is 0.502. The number of hydrogen-bond acceptors (Lipinski definition) is 4. The minimum absolute atomic E-state index is 0.438. The van der Waals surface area contributed by atoms with Gasteiger partial charge in [-0.1, -0.05) is 24.3 Å². The van der Waals surface area contributed by atoms with Gasteiger partial charge in [0.1, 0.15) is 5.60 Å². The Bertz CT molecular complexity index is 636. The summed E-state index contributed by atoms with van der Waals surface area (Å²) in [5, 5.41) is 9.37. The minimum Gasteiger partial charge on any atom is -0.444 e. The zero-order valence-corrected chi connectivity index (χ0v) is 17.6. The number of carbonyl (C=O) groups excluding carboxylic acids is 1. The Kier molecular flexibility index (Phi) is 8.56. The molecule has 0 aliphatic carbocycles. The second-order valence-electron chi connectivity index (χ2n) is 8.04. The molecule has 7 nitrogen and oxygen atoms in total. The van der Waals surface area contributed by atoms with Crippen LogP contribution in [0.4, 0.5) is 4.79 Å². The van der Waals surface area contributed by atoms with E-state index >= 15 is 0 Å². The number of carbonyl (C=O) groups is 1. The van der Waals surface area contributed by atoms with Gasteiger partial charge in [0.25, 0.3) is 0 Å². The molecule has 0 aliphatic rings. The van der Waals surface area contributed by atoms with Crippen molar-refractivity contribution in [2.24, 2.45) is 4.99 Å². The maximum Gasteiger partial charge on any atom is 0.408 e. The summed E-state index contributed by atoms with van der Waals surface area (Å²) < 4.78 is 10.5. The van der Waals surface area contributed by atoms with Crippen LogP contribution in [0.3, 0.4) is 0 Å². The Labute approximate surface area is 162 Å². The van der Waals surface area contributed by atoms with Gasteiger partial charge in [-0.3, -0.25) is 4.99 Å². The molecular weight excluding hydrogens is 344 g/mol. The molecule has 7 heteroatoms.